The molecule has 8 nitrogen and oxygen atoms in total. The number of benzene rings is 1. The second-order valence-electron chi connectivity index (χ2n) is 6.93. The number of ether oxygens (including phenoxy) is 3. The van der Waals surface area contributed by atoms with E-state index >= 15 is 0 Å². The van der Waals surface area contributed by atoms with Gasteiger partial charge >= 0.3 is 6.09 Å². The van der Waals surface area contributed by atoms with Crippen molar-refractivity contribution in [3.05, 3.63) is 18.2 Å². The molecule has 0 aromatic heterocycles. The molecule has 27 heavy (non-hydrogen) atoms. The first-order valence-corrected chi connectivity index (χ1v) is 8.97. The molecule has 1 rings (SSSR count). The van der Waals surface area contributed by atoms with Gasteiger partial charge in [-0.05, 0) is 39.3 Å². The van der Waals surface area contributed by atoms with Crippen molar-refractivity contribution < 1.29 is 19.0 Å². The van der Waals surface area contributed by atoms with Crippen molar-refractivity contribution in [1.29, 1.82) is 0 Å². The van der Waals surface area contributed by atoms with E-state index in [9.17, 15) is 4.79 Å². The molecule has 0 radical (unpaired) electrons. The molecule has 0 saturated heterocycles. The molecule has 3 N–H and O–H groups in total. The minimum absolute atomic E-state index is 0.253. The zero-order valence-corrected chi connectivity index (χ0v) is 17.2. The number of guanidine groups is 1. The number of hydrogen-bond donors (Lipinski definition) is 2. The number of anilines is 1. The number of carbonyl (C=O) groups is 1. The highest BCUT2D eigenvalue weighted by atomic mass is 16.6. The van der Waals surface area contributed by atoms with Crippen LogP contribution in [0.15, 0.2) is 23.2 Å². The van der Waals surface area contributed by atoms with Crippen LogP contribution in [0.1, 0.15) is 34.1 Å². The molecular weight excluding hydrogens is 348 g/mol. The van der Waals surface area contributed by atoms with Gasteiger partial charge in [0, 0.05) is 24.8 Å². The second kappa shape index (κ2) is 10.5. The van der Waals surface area contributed by atoms with Crippen LogP contribution < -0.4 is 20.5 Å². The van der Waals surface area contributed by atoms with Crippen LogP contribution in [0.2, 0.25) is 0 Å². The van der Waals surface area contributed by atoms with Gasteiger partial charge in [0.05, 0.1) is 20.8 Å². The summed E-state index contributed by atoms with van der Waals surface area (Å²) in [4.78, 5) is 18.1. The van der Waals surface area contributed by atoms with Gasteiger partial charge in [0.25, 0.3) is 0 Å². The summed E-state index contributed by atoms with van der Waals surface area (Å²) >= 11 is 0. The number of amides is 1. The van der Waals surface area contributed by atoms with Crippen molar-refractivity contribution in [1.82, 2.24) is 4.90 Å². The largest absolute Gasteiger partial charge is 0.493 e. The van der Waals surface area contributed by atoms with E-state index in [0.717, 1.165) is 12.1 Å². The van der Waals surface area contributed by atoms with Crippen LogP contribution >= 0.6 is 0 Å². The number of nitrogens with two attached hydrogens (primary N) is 1. The lowest BCUT2D eigenvalue weighted by Crippen LogP contribution is -2.39. The molecule has 0 spiro atoms. The SMILES string of the molecule is CCCN(CCN=C(N)Nc1ccc(OC)c(OC)c1)C(=O)OC(C)(C)C. The molecular formula is C19H32N4O4. The molecule has 0 aliphatic heterocycles. The van der Waals surface area contributed by atoms with Crippen molar-refractivity contribution in [3.8, 4) is 11.5 Å². The average Bonchev–Trinajstić information content (AvgIpc) is 2.59. The van der Waals surface area contributed by atoms with Crippen molar-refractivity contribution in [2.45, 2.75) is 39.7 Å². The second-order valence-corrected chi connectivity index (χ2v) is 6.93. The summed E-state index contributed by atoms with van der Waals surface area (Å²) < 4.78 is 15.9. The maximum absolute atomic E-state index is 12.2. The van der Waals surface area contributed by atoms with Crippen LogP contribution in [0.3, 0.4) is 0 Å². The highest BCUT2D eigenvalue weighted by Gasteiger charge is 2.21. The molecule has 1 aromatic rings. The monoisotopic (exact) mass is 380 g/mol. The summed E-state index contributed by atoms with van der Waals surface area (Å²) in [6.45, 7) is 8.94. The van der Waals surface area contributed by atoms with Gasteiger partial charge in [0.1, 0.15) is 5.60 Å². The van der Waals surface area contributed by atoms with E-state index in [2.05, 4.69) is 10.3 Å². The van der Waals surface area contributed by atoms with Gasteiger partial charge in [-0.1, -0.05) is 6.92 Å². The van der Waals surface area contributed by atoms with E-state index in [-0.39, 0.29) is 12.1 Å². The van der Waals surface area contributed by atoms with Crippen molar-refractivity contribution >= 4 is 17.7 Å². The average molecular weight is 380 g/mol. The Balaban J connectivity index is 2.65. The Morgan fingerprint density at radius 2 is 1.85 bits per heavy atom. The van der Waals surface area contributed by atoms with E-state index in [0.29, 0.717) is 31.1 Å². The Kier molecular flexibility index (Phi) is 8.71. The third-order valence-corrected chi connectivity index (χ3v) is 3.45. The Morgan fingerprint density at radius 1 is 1.19 bits per heavy atom. The molecule has 1 aromatic carbocycles. The van der Waals surface area contributed by atoms with Crippen LogP contribution in [0.5, 0.6) is 11.5 Å². The number of carbonyl (C=O) groups excluding carboxylic acids is 1. The Bertz CT molecular complexity index is 641. The van der Waals surface area contributed by atoms with Crippen LogP contribution in [0, 0.1) is 0 Å². The molecule has 0 aliphatic rings. The van der Waals surface area contributed by atoms with E-state index in [1.807, 2.05) is 33.8 Å². The van der Waals surface area contributed by atoms with E-state index in [1.165, 1.54) is 0 Å². The molecule has 152 valence electrons. The molecule has 0 heterocycles. The van der Waals surface area contributed by atoms with Gasteiger partial charge in [0.15, 0.2) is 17.5 Å². The highest BCUT2D eigenvalue weighted by molar-refractivity contribution is 5.92. The maximum atomic E-state index is 12.2. The van der Waals surface area contributed by atoms with Crippen molar-refractivity contribution in [2.75, 3.05) is 39.2 Å². The van der Waals surface area contributed by atoms with Gasteiger partial charge in [-0.2, -0.15) is 0 Å². The fourth-order valence-electron chi connectivity index (χ4n) is 2.28. The van der Waals surface area contributed by atoms with Gasteiger partial charge in [-0.25, -0.2) is 4.79 Å². The summed E-state index contributed by atoms with van der Waals surface area (Å²) in [5.41, 5.74) is 6.14. The lowest BCUT2D eigenvalue weighted by atomic mass is 10.2. The first-order chi connectivity index (χ1) is 12.7. The first kappa shape index (κ1) is 22.4. The summed E-state index contributed by atoms with van der Waals surface area (Å²) in [5, 5.41) is 3.00. The summed E-state index contributed by atoms with van der Waals surface area (Å²) in [6, 6.07) is 5.36. The number of nitrogens with one attached hydrogen (secondary N) is 1. The number of aliphatic imine (C=N–C) groups is 1. The van der Waals surface area contributed by atoms with Crippen molar-refractivity contribution in [3.63, 3.8) is 0 Å². The van der Waals surface area contributed by atoms with E-state index in [4.69, 9.17) is 19.9 Å². The Morgan fingerprint density at radius 3 is 2.41 bits per heavy atom. The summed E-state index contributed by atoms with van der Waals surface area (Å²) in [6.07, 6.45) is 0.494. The summed E-state index contributed by atoms with van der Waals surface area (Å²) in [7, 11) is 3.14. The molecule has 1 amide bonds. The number of rotatable bonds is 8. The molecule has 0 fully saturated rings. The zero-order valence-electron chi connectivity index (χ0n) is 17.2. The maximum Gasteiger partial charge on any atom is 0.410 e. The number of methoxy groups -OCH3 is 2. The van der Waals surface area contributed by atoms with Gasteiger partial charge in [-0.15, -0.1) is 0 Å². The van der Waals surface area contributed by atoms with Gasteiger partial charge in [-0.3, -0.25) is 4.99 Å². The lowest BCUT2D eigenvalue weighted by molar-refractivity contribution is 0.0256. The topological polar surface area (TPSA) is 98.4 Å². The molecule has 0 saturated carbocycles. The van der Waals surface area contributed by atoms with Gasteiger partial charge in [0.2, 0.25) is 0 Å². The third-order valence-electron chi connectivity index (χ3n) is 3.45. The smallest absolute Gasteiger partial charge is 0.410 e. The summed E-state index contributed by atoms with van der Waals surface area (Å²) in [5.74, 6) is 1.48. The number of hydrogen-bond acceptors (Lipinski definition) is 5. The Labute approximate surface area is 161 Å². The zero-order chi connectivity index (χ0) is 20.4. The number of nitrogens with zero attached hydrogens (tertiary/aromatic N) is 2. The van der Waals surface area contributed by atoms with E-state index in [1.54, 1.807) is 31.3 Å². The fraction of sp³-hybridized carbons (Fsp3) is 0.579. The normalized spacial score (nSPS) is 11.7. The van der Waals surface area contributed by atoms with E-state index < -0.39 is 5.60 Å². The predicted octanol–water partition coefficient (Wildman–Crippen LogP) is 3.08. The highest BCUT2D eigenvalue weighted by Crippen LogP contribution is 2.29. The lowest BCUT2D eigenvalue weighted by Gasteiger charge is -2.26. The first-order valence-electron chi connectivity index (χ1n) is 8.97. The van der Waals surface area contributed by atoms with Crippen LogP contribution in [-0.4, -0.2) is 56.4 Å². The fourth-order valence-corrected chi connectivity index (χ4v) is 2.28. The quantitative estimate of drug-likeness (QED) is 0.531. The van der Waals surface area contributed by atoms with Crippen LogP contribution in [-0.2, 0) is 4.74 Å². The van der Waals surface area contributed by atoms with Crippen molar-refractivity contribution in [2.24, 2.45) is 10.7 Å². The third kappa shape index (κ3) is 8.06. The predicted molar refractivity (Wildman–Crippen MR) is 108 cm³/mol. The molecule has 0 aliphatic carbocycles. The minimum atomic E-state index is -0.527. The molecule has 0 atom stereocenters. The molecule has 0 bridgehead atoms. The molecule has 8 heteroatoms. The minimum Gasteiger partial charge on any atom is -0.493 e. The van der Waals surface area contributed by atoms with Crippen LogP contribution in [0.4, 0.5) is 10.5 Å². The van der Waals surface area contributed by atoms with Crippen LogP contribution in [0.25, 0.3) is 0 Å². The van der Waals surface area contributed by atoms with Gasteiger partial charge < -0.3 is 30.2 Å². The standard InChI is InChI=1S/C19H32N4O4/c1-7-11-23(18(24)27-19(2,3)4)12-10-21-17(20)22-14-8-9-15(25-5)16(13-14)26-6/h8-9,13H,7,10-12H2,1-6H3,(H3,20,21,22). The molecule has 0 unspecified atom stereocenters. The Hall–Kier alpha value is -2.64.